The van der Waals surface area contributed by atoms with Crippen molar-refractivity contribution < 1.29 is 13.2 Å². The van der Waals surface area contributed by atoms with E-state index in [1.165, 1.54) is 26.2 Å². The summed E-state index contributed by atoms with van der Waals surface area (Å²) >= 11 is 6.03. The highest BCUT2D eigenvalue weighted by Crippen LogP contribution is 2.27. The zero-order valence-corrected chi connectivity index (χ0v) is 16.6. The lowest BCUT2D eigenvalue weighted by molar-refractivity contribution is -0.121. The maximum Gasteiger partial charge on any atom is 0.244 e. The molecule has 1 aliphatic rings. The fraction of sp³-hybridized carbons (Fsp3) is 0.562. The molecule has 1 saturated heterocycles. The van der Waals surface area contributed by atoms with Gasteiger partial charge in [0.15, 0.2) is 0 Å². The maximum absolute atomic E-state index is 12.5. The Morgan fingerprint density at radius 1 is 1.24 bits per heavy atom. The molecule has 140 valence electrons. The van der Waals surface area contributed by atoms with E-state index in [4.69, 9.17) is 11.6 Å². The van der Waals surface area contributed by atoms with Gasteiger partial charge in [0, 0.05) is 46.0 Å². The average molecular weight is 389 g/mol. The van der Waals surface area contributed by atoms with Crippen molar-refractivity contribution in [2.75, 3.05) is 52.6 Å². The highest BCUT2D eigenvalue weighted by molar-refractivity contribution is 7.89. The Labute approximate surface area is 154 Å². The molecule has 1 heterocycles. The van der Waals surface area contributed by atoms with Gasteiger partial charge in [-0.25, -0.2) is 12.7 Å². The van der Waals surface area contributed by atoms with Crippen molar-refractivity contribution in [3.63, 3.8) is 0 Å². The molecule has 25 heavy (non-hydrogen) atoms. The molecule has 0 unspecified atom stereocenters. The van der Waals surface area contributed by atoms with E-state index in [-0.39, 0.29) is 21.9 Å². The van der Waals surface area contributed by atoms with Crippen LogP contribution < -0.4 is 5.32 Å². The Hall–Kier alpha value is -1.19. The van der Waals surface area contributed by atoms with Gasteiger partial charge in [-0.15, -0.1) is 0 Å². The van der Waals surface area contributed by atoms with Gasteiger partial charge in [0.25, 0.3) is 0 Å². The van der Waals surface area contributed by atoms with Gasteiger partial charge in [-0.3, -0.25) is 9.69 Å². The Balaban J connectivity index is 2.13. The van der Waals surface area contributed by atoms with Crippen molar-refractivity contribution in [1.29, 1.82) is 0 Å². The predicted molar refractivity (Wildman–Crippen MR) is 99.5 cm³/mol. The highest BCUT2D eigenvalue weighted by atomic mass is 35.5. The summed E-state index contributed by atoms with van der Waals surface area (Å²) < 4.78 is 25.7. The molecular formula is C16H25ClN4O3S. The molecule has 1 fully saturated rings. The van der Waals surface area contributed by atoms with Gasteiger partial charge in [-0.1, -0.05) is 11.6 Å². The lowest BCUT2D eigenvalue weighted by Crippen LogP contribution is -2.51. The first kappa shape index (κ1) is 20.1. The normalized spacial score (nSPS) is 18.3. The SMILES string of the molecule is C[C@H](C(=O)Nc1ccc(Cl)c(S(=O)(=O)N(C)C)c1)N1CCN(C)CC1. The number of nitrogens with zero attached hydrogens (tertiary/aromatic N) is 3. The number of piperazine rings is 1. The van der Waals surface area contributed by atoms with E-state index in [0.29, 0.717) is 5.69 Å². The van der Waals surface area contributed by atoms with Crippen LogP contribution >= 0.6 is 11.6 Å². The number of amides is 1. The number of carbonyl (C=O) groups is 1. The van der Waals surface area contributed by atoms with Crippen molar-refractivity contribution in [3.05, 3.63) is 23.2 Å². The summed E-state index contributed by atoms with van der Waals surface area (Å²) in [6.45, 7) is 5.35. The zero-order valence-electron chi connectivity index (χ0n) is 15.0. The lowest BCUT2D eigenvalue weighted by Gasteiger charge is -2.35. The molecule has 1 amide bonds. The Morgan fingerprint density at radius 2 is 1.84 bits per heavy atom. The number of likely N-dealkylation sites (N-methyl/N-ethyl adjacent to an activating group) is 1. The average Bonchev–Trinajstić information content (AvgIpc) is 2.56. The Morgan fingerprint density at radius 3 is 2.40 bits per heavy atom. The quantitative estimate of drug-likeness (QED) is 0.819. The molecule has 1 atom stereocenters. The summed E-state index contributed by atoms with van der Waals surface area (Å²) in [5, 5.41) is 2.92. The molecule has 0 saturated carbocycles. The van der Waals surface area contributed by atoms with Crippen LogP contribution in [-0.2, 0) is 14.8 Å². The van der Waals surface area contributed by atoms with Gasteiger partial charge in [0.05, 0.1) is 11.1 Å². The van der Waals surface area contributed by atoms with Crippen LogP contribution in [-0.4, -0.2) is 81.8 Å². The summed E-state index contributed by atoms with van der Waals surface area (Å²) in [5.41, 5.74) is 0.413. The first-order valence-corrected chi connectivity index (χ1v) is 9.90. The van der Waals surface area contributed by atoms with E-state index in [0.717, 1.165) is 30.5 Å². The van der Waals surface area contributed by atoms with Gasteiger partial charge in [-0.2, -0.15) is 0 Å². The third-order valence-corrected chi connectivity index (χ3v) is 6.72. The second-order valence-electron chi connectivity index (χ2n) is 6.44. The summed E-state index contributed by atoms with van der Waals surface area (Å²) in [5.74, 6) is -0.167. The van der Waals surface area contributed by atoms with E-state index in [2.05, 4.69) is 22.2 Å². The van der Waals surface area contributed by atoms with Gasteiger partial charge in [-0.05, 0) is 32.2 Å². The monoisotopic (exact) mass is 388 g/mol. The van der Waals surface area contributed by atoms with Crippen LogP contribution in [0.15, 0.2) is 23.1 Å². The van der Waals surface area contributed by atoms with Crippen molar-refractivity contribution in [2.24, 2.45) is 0 Å². The summed E-state index contributed by atoms with van der Waals surface area (Å²) in [6, 6.07) is 4.18. The van der Waals surface area contributed by atoms with Gasteiger partial charge in [0.2, 0.25) is 15.9 Å². The van der Waals surface area contributed by atoms with Gasteiger partial charge < -0.3 is 10.2 Å². The maximum atomic E-state index is 12.5. The first-order chi connectivity index (χ1) is 11.6. The number of benzene rings is 1. The second kappa shape index (κ2) is 8.01. The van der Waals surface area contributed by atoms with Crippen LogP contribution in [0.3, 0.4) is 0 Å². The van der Waals surface area contributed by atoms with E-state index in [1.54, 1.807) is 6.07 Å². The molecule has 9 heteroatoms. The molecular weight excluding hydrogens is 364 g/mol. The molecule has 0 spiro atoms. The molecule has 0 aliphatic carbocycles. The largest absolute Gasteiger partial charge is 0.325 e. The number of rotatable bonds is 5. The summed E-state index contributed by atoms with van der Waals surface area (Å²) in [4.78, 5) is 16.8. The van der Waals surface area contributed by atoms with Crippen LogP contribution in [0.1, 0.15) is 6.92 Å². The van der Waals surface area contributed by atoms with Crippen molar-refractivity contribution >= 4 is 33.2 Å². The van der Waals surface area contributed by atoms with Crippen LogP contribution in [0, 0.1) is 0 Å². The Kier molecular flexibility index (Phi) is 6.45. The predicted octanol–water partition coefficient (Wildman–Crippen LogP) is 1.16. The van der Waals surface area contributed by atoms with E-state index < -0.39 is 10.0 Å². The lowest BCUT2D eigenvalue weighted by atomic mass is 10.2. The van der Waals surface area contributed by atoms with Gasteiger partial charge in [0.1, 0.15) is 4.90 Å². The third-order valence-electron chi connectivity index (χ3n) is 4.42. The minimum Gasteiger partial charge on any atom is -0.325 e. The summed E-state index contributed by atoms with van der Waals surface area (Å²) in [6.07, 6.45) is 0. The smallest absolute Gasteiger partial charge is 0.244 e. The molecule has 0 aromatic heterocycles. The number of nitrogens with one attached hydrogen (secondary N) is 1. The minimum atomic E-state index is -3.68. The minimum absolute atomic E-state index is 0.0239. The number of hydrogen-bond acceptors (Lipinski definition) is 5. The van der Waals surface area contributed by atoms with Crippen LogP contribution in [0.4, 0.5) is 5.69 Å². The van der Waals surface area contributed by atoms with Crippen LogP contribution in [0.5, 0.6) is 0 Å². The zero-order chi connectivity index (χ0) is 18.8. The highest BCUT2D eigenvalue weighted by Gasteiger charge is 2.25. The molecule has 0 bridgehead atoms. The van der Waals surface area contributed by atoms with Gasteiger partial charge >= 0.3 is 0 Å². The fourth-order valence-electron chi connectivity index (χ4n) is 2.60. The van der Waals surface area contributed by atoms with Crippen LogP contribution in [0.25, 0.3) is 0 Å². The number of halogens is 1. The molecule has 2 rings (SSSR count). The molecule has 1 aliphatic heterocycles. The molecule has 1 N–H and O–H groups in total. The van der Waals surface area contributed by atoms with E-state index in [9.17, 15) is 13.2 Å². The van der Waals surface area contributed by atoms with Crippen molar-refractivity contribution in [2.45, 2.75) is 17.9 Å². The second-order valence-corrected chi connectivity index (χ2v) is 8.96. The van der Waals surface area contributed by atoms with Crippen molar-refractivity contribution in [3.8, 4) is 0 Å². The third kappa shape index (κ3) is 4.71. The van der Waals surface area contributed by atoms with E-state index in [1.807, 2.05) is 6.92 Å². The Bertz CT molecular complexity index is 731. The number of anilines is 1. The molecule has 0 radical (unpaired) electrons. The number of hydrogen-bond donors (Lipinski definition) is 1. The molecule has 1 aromatic carbocycles. The topological polar surface area (TPSA) is 73.0 Å². The fourth-order valence-corrected chi connectivity index (χ4v) is 3.99. The van der Waals surface area contributed by atoms with Crippen LogP contribution in [0.2, 0.25) is 5.02 Å². The van der Waals surface area contributed by atoms with Crippen molar-refractivity contribution in [1.82, 2.24) is 14.1 Å². The number of sulfonamides is 1. The standard InChI is InChI=1S/C16H25ClN4O3S/c1-12(21-9-7-20(4)8-10-21)16(22)18-13-5-6-14(17)15(11-13)25(23,24)19(2)3/h5-6,11-12H,7-10H2,1-4H3,(H,18,22)/t12-/m1/s1. The summed E-state index contributed by atoms with van der Waals surface area (Å²) in [7, 11) is 1.25. The molecule has 1 aromatic rings. The number of carbonyl (C=O) groups excluding carboxylic acids is 1. The van der Waals surface area contributed by atoms with E-state index >= 15 is 0 Å². The first-order valence-electron chi connectivity index (χ1n) is 8.08. The molecule has 7 nitrogen and oxygen atoms in total.